The Kier molecular flexibility index (Phi) is 6.78. The molecular weight excluding hydrogens is 449 g/mol. The standard InChI is InChI=1S/C22H18ClF3N2O4/c1-12-11-27-13(2)8-17(12)28-21(29)16-9-14(23)4-6-18(16)31-19-7-5-15(10-20(19)30-3)32-22(24,25)26/h4-11H,1-3H3,(H,27,28,29). The second-order valence-corrected chi connectivity index (χ2v) is 7.13. The monoisotopic (exact) mass is 466 g/mol. The molecule has 3 rings (SSSR count). The van der Waals surface area contributed by atoms with E-state index in [-0.39, 0.29) is 22.8 Å². The maximum atomic E-state index is 13.0. The summed E-state index contributed by atoms with van der Waals surface area (Å²) in [6.07, 6.45) is -3.21. The molecule has 0 saturated carbocycles. The Morgan fingerprint density at radius 1 is 1.03 bits per heavy atom. The number of aromatic nitrogens is 1. The lowest BCUT2D eigenvalue weighted by Gasteiger charge is -2.16. The summed E-state index contributed by atoms with van der Waals surface area (Å²) in [5.41, 5.74) is 2.17. The lowest BCUT2D eigenvalue weighted by Crippen LogP contribution is -2.17. The number of pyridine rings is 1. The van der Waals surface area contributed by atoms with Crippen LogP contribution >= 0.6 is 11.6 Å². The van der Waals surface area contributed by atoms with Crippen LogP contribution in [0.5, 0.6) is 23.0 Å². The fourth-order valence-corrected chi connectivity index (χ4v) is 2.94. The third kappa shape index (κ3) is 5.82. The lowest BCUT2D eigenvalue weighted by molar-refractivity contribution is -0.274. The van der Waals surface area contributed by atoms with Gasteiger partial charge in [0.25, 0.3) is 5.91 Å². The van der Waals surface area contributed by atoms with E-state index in [0.29, 0.717) is 10.7 Å². The lowest BCUT2D eigenvalue weighted by atomic mass is 10.1. The van der Waals surface area contributed by atoms with Crippen molar-refractivity contribution in [1.82, 2.24) is 4.98 Å². The number of carbonyl (C=O) groups excluding carboxylic acids is 1. The molecule has 1 amide bonds. The number of benzene rings is 2. The first-order chi connectivity index (χ1) is 15.1. The zero-order valence-electron chi connectivity index (χ0n) is 17.2. The average Bonchev–Trinajstić information content (AvgIpc) is 2.71. The van der Waals surface area contributed by atoms with Gasteiger partial charge in [-0.2, -0.15) is 0 Å². The molecule has 3 aromatic rings. The van der Waals surface area contributed by atoms with E-state index in [4.69, 9.17) is 21.1 Å². The summed E-state index contributed by atoms with van der Waals surface area (Å²) >= 11 is 6.07. The Morgan fingerprint density at radius 2 is 1.75 bits per heavy atom. The van der Waals surface area contributed by atoms with Gasteiger partial charge in [0.2, 0.25) is 0 Å². The molecule has 6 nitrogen and oxygen atoms in total. The van der Waals surface area contributed by atoms with Crippen LogP contribution in [0.25, 0.3) is 0 Å². The number of ether oxygens (including phenoxy) is 3. The number of rotatable bonds is 6. The number of carbonyl (C=O) groups is 1. The first-order valence-electron chi connectivity index (χ1n) is 9.21. The number of amides is 1. The van der Waals surface area contributed by atoms with Crippen molar-refractivity contribution in [2.24, 2.45) is 0 Å². The number of nitrogens with one attached hydrogen (secondary N) is 1. The summed E-state index contributed by atoms with van der Waals surface area (Å²) in [4.78, 5) is 17.1. The van der Waals surface area contributed by atoms with Crippen molar-refractivity contribution >= 4 is 23.2 Å². The van der Waals surface area contributed by atoms with E-state index < -0.39 is 18.0 Å². The Morgan fingerprint density at radius 3 is 2.44 bits per heavy atom. The number of halogens is 4. The van der Waals surface area contributed by atoms with Crippen LogP contribution in [-0.2, 0) is 0 Å². The molecule has 32 heavy (non-hydrogen) atoms. The average molecular weight is 467 g/mol. The zero-order valence-corrected chi connectivity index (χ0v) is 18.0. The minimum atomic E-state index is -4.85. The highest BCUT2D eigenvalue weighted by Crippen LogP contribution is 2.38. The SMILES string of the molecule is COc1cc(OC(F)(F)F)ccc1Oc1ccc(Cl)cc1C(=O)Nc1cc(C)ncc1C. The summed E-state index contributed by atoms with van der Waals surface area (Å²) in [5, 5.41) is 3.09. The van der Waals surface area contributed by atoms with Gasteiger partial charge in [0.1, 0.15) is 11.5 Å². The predicted molar refractivity (Wildman–Crippen MR) is 113 cm³/mol. The molecule has 0 radical (unpaired) electrons. The van der Waals surface area contributed by atoms with Gasteiger partial charge >= 0.3 is 6.36 Å². The predicted octanol–water partition coefficient (Wildman–Crippen LogP) is 6.30. The van der Waals surface area contributed by atoms with Crippen molar-refractivity contribution in [2.45, 2.75) is 20.2 Å². The molecule has 0 spiro atoms. The molecule has 0 unspecified atom stereocenters. The third-order valence-electron chi connectivity index (χ3n) is 4.26. The van der Waals surface area contributed by atoms with Gasteiger partial charge in [0.05, 0.1) is 12.7 Å². The molecule has 0 atom stereocenters. The normalized spacial score (nSPS) is 11.1. The number of methoxy groups -OCH3 is 1. The number of hydrogen-bond donors (Lipinski definition) is 1. The van der Waals surface area contributed by atoms with E-state index in [1.807, 2.05) is 0 Å². The number of aryl methyl sites for hydroxylation is 2. The molecule has 168 valence electrons. The minimum absolute atomic E-state index is 0.0198. The van der Waals surface area contributed by atoms with Crippen molar-refractivity contribution < 1.29 is 32.2 Å². The van der Waals surface area contributed by atoms with E-state index in [9.17, 15) is 18.0 Å². The van der Waals surface area contributed by atoms with Crippen LogP contribution in [-0.4, -0.2) is 24.4 Å². The van der Waals surface area contributed by atoms with E-state index >= 15 is 0 Å². The summed E-state index contributed by atoms with van der Waals surface area (Å²) in [5.74, 6) is -0.785. The fourth-order valence-electron chi connectivity index (χ4n) is 2.77. The van der Waals surface area contributed by atoms with Crippen LogP contribution < -0.4 is 19.5 Å². The highest BCUT2D eigenvalue weighted by atomic mass is 35.5. The highest BCUT2D eigenvalue weighted by molar-refractivity contribution is 6.31. The summed E-state index contributed by atoms with van der Waals surface area (Å²) < 4.78 is 52.2. The molecule has 0 fully saturated rings. The second kappa shape index (κ2) is 9.35. The van der Waals surface area contributed by atoms with Crippen LogP contribution in [0.2, 0.25) is 5.02 Å². The molecule has 0 aliphatic rings. The first kappa shape index (κ1) is 23.2. The topological polar surface area (TPSA) is 69.7 Å². The highest BCUT2D eigenvalue weighted by Gasteiger charge is 2.31. The molecule has 0 aliphatic carbocycles. The van der Waals surface area contributed by atoms with Gasteiger partial charge in [-0.15, -0.1) is 13.2 Å². The van der Waals surface area contributed by atoms with Crippen molar-refractivity contribution in [2.75, 3.05) is 12.4 Å². The van der Waals surface area contributed by atoms with Gasteiger partial charge in [-0.3, -0.25) is 9.78 Å². The molecule has 0 saturated heterocycles. The summed E-state index contributed by atoms with van der Waals surface area (Å²) in [6, 6.07) is 9.48. The number of alkyl halides is 3. The van der Waals surface area contributed by atoms with Crippen molar-refractivity contribution in [1.29, 1.82) is 0 Å². The largest absolute Gasteiger partial charge is 0.573 e. The first-order valence-corrected chi connectivity index (χ1v) is 9.59. The molecule has 0 aliphatic heterocycles. The van der Waals surface area contributed by atoms with Gasteiger partial charge in [-0.25, -0.2) is 0 Å². The van der Waals surface area contributed by atoms with Crippen molar-refractivity contribution in [3.8, 4) is 23.0 Å². The smallest absolute Gasteiger partial charge is 0.493 e. The quantitative estimate of drug-likeness (QED) is 0.461. The summed E-state index contributed by atoms with van der Waals surface area (Å²) in [6.45, 7) is 3.59. The van der Waals surface area contributed by atoms with Crippen molar-refractivity contribution in [3.05, 3.63) is 70.5 Å². The molecule has 10 heteroatoms. The fraction of sp³-hybridized carbons (Fsp3) is 0.182. The van der Waals surface area contributed by atoms with Crippen LogP contribution in [0.1, 0.15) is 21.6 Å². The molecule has 1 aromatic heterocycles. The van der Waals surface area contributed by atoms with Crippen LogP contribution in [0, 0.1) is 13.8 Å². The second-order valence-electron chi connectivity index (χ2n) is 6.70. The van der Waals surface area contributed by atoms with Gasteiger partial charge in [0, 0.05) is 28.7 Å². The van der Waals surface area contributed by atoms with Gasteiger partial charge < -0.3 is 19.5 Å². The van der Waals surface area contributed by atoms with Gasteiger partial charge in [-0.05, 0) is 55.8 Å². The Hall–Kier alpha value is -3.46. The van der Waals surface area contributed by atoms with E-state index in [2.05, 4.69) is 15.0 Å². The maximum Gasteiger partial charge on any atom is 0.573 e. The number of anilines is 1. The van der Waals surface area contributed by atoms with E-state index in [0.717, 1.165) is 23.4 Å². The zero-order chi connectivity index (χ0) is 23.5. The van der Waals surface area contributed by atoms with Gasteiger partial charge in [-0.1, -0.05) is 11.6 Å². The number of nitrogens with zero attached hydrogens (tertiary/aromatic N) is 1. The number of hydrogen-bond acceptors (Lipinski definition) is 5. The Labute approximate surface area is 186 Å². The molecule has 1 N–H and O–H groups in total. The van der Waals surface area contributed by atoms with E-state index in [1.165, 1.54) is 31.4 Å². The van der Waals surface area contributed by atoms with Crippen LogP contribution in [0.3, 0.4) is 0 Å². The van der Waals surface area contributed by atoms with Crippen LogP contribution in [0.15, 0.2) is 48.7 Å². The van der Waals surface area contributed by atoms with Crippen LogP contribution in [0.4, 0.5) is 18.9 Å². The molecular formula is C22H18ClF3N2O4. The maximum absolute atomic E-state index is 13.0. The van der Waals surface area contributed by atoms with Crippen molar-refractivity contribution in [3.63, 3.8) is 0 Å². The molecule has 1 heterocycles. The Bertz CT molecular complexity index is 1150. The minimum Gasteiger partial charge on any atom is -0.493 e. The summed E-state index contributed by atoms with van der Waals surface area (Å²) in [7, 11) is 1.27. The van der Waals surface area contributed by atoms with Gasteiger partial charge in [0.15, 0.2) is 11.5 Å². The molecule has 2 aromatic carbocycles. The third-order valence-corrected chi connectivity index (χ3v) is 4.50. The Balaban J connectivity index is 1.91. The molecule has 0 bridgehead atoms. The van der Waals surface area contributed by atoms with E-state index in [1.54, 1.807) is 26.1 Å².